The summed E-state index contributed by atoms with van der Waals surface area (Å²) < 4.78 is 5.28. The normalized spacial score (nSPS) is 12.0. The fourth-order valence-corrected chi connectivity index (χ4v) is 2.97. The van der Waals surface area contributed by atoms with E-state index in [4.69, 9.17) is 4.74 Å². The summed E-state index contributed by atoms with van der Waals surface area (Å²) in [5.41, 5.74) is 1.97. The maximum absolute atomic E-state index is 12.0. The number of likely N-dealkylation sites (N-methyl/N-ethyl adjacent to an activating group) is 1. The van der Waals surface area contributed by atoms with Gasteiger partial charge in [0.05, 0.1) is 30.4 Å². The smallest absolute Gasteiger partial charge is 0.315 e. The van der Waals surface area contributed by atoms with E-state index in [9.17, 15) is 4.79 Å². The average Bonchev–Trinajstić information content (AvgIpc) is 2.98. The summed E-state index contributed by atoms with van der Waals surface area (Å²) in [5.74, 6) is 0.808. The van der Waals surface area contributed by atoms with Crippen molar-refractivity contribution < 1.29 is 9.53 Å². The van der Waals surface area contributed by atoms with Crippen molar-refractivity contribution in [1.29, 1.82) is 0 Å². The van der Waals surface area contributed by atoms with Crippen LogP contribution in [0.2, 0.25) is 0 Å². The second-order valence-corrected chi connectivity index (χ2v) is 6.74. The Morgan fingerprint density at radius 3 is 2.79 bits per heavy atom. The van der Waals surface area contributed by atoms with Crippen molar-refractivity contribution in [3.8, 4) is 5.75 Å². The number of amides is 2. The van der Waals surface area contributed by atoms with Gasteiger partial charge in [0.25, 0.3) is 0 Å². The molecule has 24 heavy (non-hydrogen) atoms. The lowest BCUT2D eigenvalue weighted by atomic mass is 10.1. The van der Waals surface area contributed by atoms with Gasteiger partial charge in [0.2, 0.25) is 0 Å². The van der Waals surface area contributed by atoms with E-state index in [-0.39, 0.29) is 12.1 Å². The molecule has 0 bridgehead atoms. The van der Waals surface area contributed by atoms with Gasteiger partial charge in [0, 0.05) is 11.9 Å². The Morgan fingerprint density at radius 1 is 1.38 bits per heavy atom. The highest BCUT2D eigenvalue weighted by Gasteiger charge is 2.16. The first-order valence-electron chi connectivity index (χ1n) is 7.72. The number of methoxy groups -OCH3 is 1. The van der Waals surface area contributed by atoms with Crippen LogP contribution in [0.1, 0.15) is 22.3 Å². The average molecular weight is 348 g/mol. The molecule has 0 aliphatic carbocycles. The van der Waals surface area contributed by atoms with Crippen molar-refractivity contribution >= 4 is 17.4 Å². The Hall–Kier alpha value is -2.12. The van der Waals surface area contributed by atoms with E-state index >= 15 is 0 Å². The van der Waals surface area contributed by atoms with Crippen LogP contribution in [0.3, 0.4) is 0 Å². The molecule has 6 nitrogen and oxygen atoms in total. The quantitative estimate of drug-likeness (QED) is 0.807. The number of hydrogen-bond acceptors (Lipinski definition) is 5. The maximum Gasteiger partial charge on any atom is 0.315 e. The van der Waals surface area contributed by atoms with E-state index in [0.29, 0.717) is 13.1 Å². The van der Waals surface area contributed by atoms with E-state index in [1.54, 1.807) is 18.4 Å². The fourth-order valence-electron chi connectivity index (χ4n) is 2.36. The highest BCUT2D eigenvalue weighted by atomic mass is 32.1. The number of benzene rings is 1. The summed E-state index contributed by atoms with van der Waals surface area (Å²) in [6.07, 6.45) is 0. The van der Waals surface area contributed by atoms with Gasteiger partial charge in [0.15, 0.2) is 0 Å². The largest absolute Gasteiger partial charge is 0.497 e. The van der Waals surface area contributed by atoms with Crippen molar-refractivity contribution in [1.82, 2.24) is 20.5 Å². The van der Waals surface area contributed by atoms with Gasteiger partial charge in [0.1, 0.15) is 5.75 Å². The molecular formula is C17H24N4O2S. The molecule has 0 saturated heterocycles. The molecule has 2 N–H and O–H groups in total. The highest BCUT2D eigenvalue weighted by Crippen LogP contribution is 2.22. The number of nitrogens with one attached hydrogen (secondary N) is 2. The summed E-state index contributed by atoms with van der Waals surface area (Å²) in [4.78, 5) is 18.4. The zero-order valence-electron chi connectivity index (χ0n) is 14.5. The van der Waals surface area contributed by atoms with Crippen molar-refractivity contribution in [3.63, 3.8) is 0 Å². The molecule has 2 rings (SSSR count). The summed E-state index contributed by atoms with van der Waals surface area (Å²) in [7, 11) is 5.62. The summed E-state index contributed by atoms with van der Waals surface area (Å²) in [5, 5.41) is 8.70. The van der Waals surface area contributed by atoms with Crippen LogP contribution in [-0.2, 0) is 6.54 Å². The van der Waals surface area contributed by atoms with E-state index in [1.165, 1.54) is 0 Å². The van der Waals surface area contributed by atoms with Crippen LogP contribution in [0.15, 0.2) is 29.6 Å². The minimum atomic E-state index is -0.199. The number of ether oxygens (including phenoxy) is 1. The van der Waals surface area contributed by atoms with Gasteiger partial charge >= 0.3 is 6.03 Å². The summed E-state index contributed by atoms with van der Waals surface area (Å²) >= 11 is 1.58. The number of rotatable bonds is 7. The van der Waals surface area contributed by atoms with Crippen LogP contribution in [0.4, 0.5) is 4.79 Å². The number of carbonyl (C=O) groups is 1. The van der Waals surface area contributed by atoms with Gasteiger partial charge < -0.3 is 20.3 Å². The molecule has 130 valence electrons. The Morgan fingerprint density at radius 2 is 2.17 bits per heavy atom. The van der Waals surface area contributed by atoms with Crippen LogP contribution >= 0.6 is 11.3 Å². The van der Waals surface area contributed by atoms with Gasteiger partial charge in [-0.2, -0.15) is 0 Å². The lowest BCUT2D eigenvalue weighted by Crippen LogP contribution is -2.40. The molecule has 7 heteroatoms. The number of hydrogen-bond donors (Lipinski definition) is 2. The van der Waals surface area contributed by atoms with Crippen LogP contribution in [0.5, 0.6) is 5.75 Å². The molecular weight excluding hydrogens is 324 g/mol. The maximum atomic E-state index is 12.0. The molecule has 0 saturated carbocycles. The molecule has 1 aromatic carbocycles. The molecule has 0 spiro atoms. The van der Waals surface area contributed by atoms with Gasteiger partial charge in [-0.25, -0.2) is 9.78 Å². The number of urea groups is 1. The standard InChI is InChI=1S/C17H24N4O2S/c1-12-20-14(11-24-12)9-18-17(22)19-10-16(21(2)3)13-6-5-7-15(8-13)23-4/h5-8,11,16H,9-10H2,1-4H3,(H2,18,19,22)/t16-/m1/s1. The van der Waals surface area contributed by atoms with Crippen LogP contribution in [-0.4, -0.2) is 43.7 Å². The zero-order valence-corrected chi connectivity index (χ0v) is 15.3. The third kappa shape index (κ3) is 5.21. The Balaban J connectivity index is 1.89. The first-order chi connectivity index (χ1) is 11.5. The molecule has 0 aliphatic rings. The van der Waals surface area contributed by atoms with Gasteiger partial charge in [-0.05, 0) is 38.7 Å². The van der Waals surface area contributed by atoms with Crippen LogP contribution < -0.4 is 15.4 Å². The molecule has 0 fully saturated rings. The molecule has 2 amide bonds. The Kier molecular flexibility index (Phi) is 6.57. The second kappa shape index (κ2) is 8.65. The van der Waals surface area contributed by atoms with E-state index < -0.39 is 0 Å². The minimum Gasteiger partial charge on any atom is -0.497 e. The molecule has 1 aromatic heterocycles. The Bertz CT molecular complexity index is 672. The van der Waals surface area contributed by atoms with E-state index in [2.05, 4.69) is 20.5 Å². The number of carbonyl (C=O) groups excluding carboxylic acids is 1. The molecule has 0 aliphatic heterocycles. The highest BCUT2D eigenvalue weighted by molar-refractivity contribution is 7.09. The zero-order chi connectivity index (χ0) is 17.5. The molecule has 1 heterocycles. The van der Waals surface area contributed by atoms with Gasteiger partial charge in [-0.3, -0.25) is 0 Å². The lowest BCUT2D eigenvalue weighted by molar-refractivity contribution is 0.232. The fraction of sp³-hybridized carbons (Fsp3) is 0.412. The van der Waals surface area contributed by atoms with E-state index in [1.807, 2.05) is 50.7 Å². The predicted octanol–water partition coefficient (Wildman–Crippen LogP) is 2.56. The number of nitrogens with zero attached hydrogens (tertiary/aromatic N) is 2. The summed E-state index contributed by atoms with van der Waals surface area (Å²) in [6.45, 7) is 2.88. The first-order valence-corrected chi connectivity index (χ1v) is 8.60. The molecule has 0 radical (unpaired) electrons. The van der Waals surface area contributed by atoms with Crippen LogP contribution in [0, 0.1) is 6.92 Å². The monoisotopic (exact) mass is 348 g/mol. The third-order valence-corrected chi connectivity index (χ3v) is 4.48. The molecule has 0 unspecified atom stereocenters. The SMILES string of the molecule is COc1cccc([C@@H](CNC(=O)NCc2csc(C)n2)N(C)C)c1. The van der Waals surface area contributed by atoms with Gasteiger partial charge in [-0.15, -0.1) is 11.3 Å². The lowest BCUT2D eigenvalue weighted by Gasteiger charge is -2.25. The topological polar surface area (TPSA) is 66.5 Å². The third-order valence-electron chi connectivity index (χ3n) is 3.65. The van der Waals surface area contributed by atoms with Crippen molar-refractivity contribution in [2.24, 2.45) is 0 Å². The predicted molar refractivity (Wildman–Crippen MR) is 96.5 cm³/mol. The molecule has 2 aromatic rings. The number of thiazole rings is 1. The van der Waals surface area contributed by atoms with Crippen molar-refractivity contribution in [2.75, 3.05) is 27.7 Å². The second-order valence-electron chi connectivity index (χ2n) is 5.68. The first kappa shape index (κ1) is 18.2. The van der Waals surface area contributed by atoms with Crippen LogP contribution in [0.25, 0.3) is 0 Å². The minimum absolute atomic E-state index is 0.0624. The van der Waals surface area contributed by atoms with Crippen molar-refractivity contribution in [3.05, 3.63) is 45.9 Å². The molecule has 1 atom stereocenters. The van der Waals surface area contributed by atoms with E-state index in [0.717, 1.165) is 22.0 Å². The summed E-state index contributed by atoms with van der Waals surface area (Å²) in [6, 6.07) is 7.75. The number of aromatic nitrogens is 1. The van der Waals surface area contributed by atoms with Crippen molar-refractivity contribution in [2.45, 2.75) is 19.5 Å². The number of aryl methyl sites for hydroxylation is 1. The van der Waals surface area contributed by atoms with Gasteiger partial charge in [-0.1, -0.05) is 12.1 Å². The Labute approximate surface area is 146 Å².